The Balaban J connectivity index is 1.62. The molecule has 2 aromatic carbocycles. The molecule has 0 N–H and O–H groups in total. The topological polar surface area (TPSA) is 9.23 Å². The first kappa shape index (κ1) is 19.5. The second-order valence-electron chi connectivity index (χ2n) is 7.19. The highest BCUT2D eigenvalue weighted by molar-refractivity contribution is 5.50. The lowest BCUT2D eigenvalue weighted by molar-refractivity contribution is 0.310. The summed E-state index contributed by atoms with van der Waals surface area (Å²) in [7, 11) is 0. The van der Waals surface area contributed by atoms with Gasteiger partial charge in [-0.05, 0) is 80.2 Å². The molecule has 0 heterocycles. The number of hydrogen-bond acceptors (Lipinski definition) is 1. The molecule has 3 rings (SSSR count). The van der Waals surface area contributed by atoms with E-state index in [1.807, 2.05) is 12.1 Å². The van der Waals surface area contributed by atoms with Crippen molar-refractivity contribution in [2.75, 3.05) is 6.61 Å². The summed E-state index contributed by atoms with van der Waals surface area (Å²) in [5.74, 6) is -1.50. The third-order valence-corrected chi connectivity index (χ3v) is 5.34. The Labute approximate surface area is 158 Å². The van der Waals surface area contributed by atoms with Gasteiger partial charge in [-0.1, -0.05) is 30.4 Å². The van der Waals surface area contributed by atoms with Crippen LogP contribution in [0.4, 0.5) is 13.2 Å². The maximum absolute atomic E-state index is 14.4. The highest BCUT2D eigenvalue weighted by Crippen LogP contribution is 2.39. The Morgan fingerprint density at radius 1 is 1.00 bits per heavy atom. The molecule has 144 valence electrons. The van der Waals surface area contributed by atoms with E-state index in [0.717, 1.165) is 31.2 Å². The van der Waals surface area contributed by atoms with E-state index >= 15 is 0 Å². The zero-order chi connectivity index (χ0) is 19.4. The molecule has 0 aromatic heterocycles. The quantitative estimate of drug-likeness (QED) is 0.559. The molecule has 0 amide bonds. The van der Waals surface area contributed by atoms with Crippen molar-refractivity contribution in [3.63, 3.8) is 0 Å². The van der Waals surface area contributed by atoms with Gasteiger partial charge in [-0.2, -0.15) is 4.39 Å². The molecule has 1 saturated carbocycles. The zero-order valence-electron chi connectivity index (χ0n) is 15.8. The lowest BCUT2D eigenvalue weighted by atomic mass is 9.78. The van der Waals surface area contributed by atoms with Gasteiger partial charge in [0.2, 0.25) is 5.82 Å². The third kappa shape index (κ3) is 4.55. The number of benzene rings is 2. The molecule has 0 spiro atoms. The molecule has 1 aliphatic carbocycles. The Kier molecular flexibility index (Phi) is 6.25. The van der Waals surface area contributed by atoms with E-state index in [9.17, 15) is 13.2 Å². The molecule has 2 aromatic rings. The van der Waals surface area contributed by atoms with Crippen molar-refractivity contribution < 1.29 is 17.9 Å². The molecule has 1 fully saturated rings. The molecule has 27 heavy (non-hydrogen) atoms. The van der Waals surface area contributed by atoms with Crippen molar-refractivity contribution in [2.24, 2.45) is 5.92 Å². The van der Waals surface area contributed by atoms with Crippen LogP contribution in [0.25, 0.3) is 6.08 Å². The average molecular weight is 374 g/mol. The standard InChI is InChI=1S/C23H25F3O/c1-3-27-21-13-12-19(22(25)23(21)26)18-10-8-16(9-11-18)6-7-17-5-4-15(2)20(24)14-17/h4-7,12-14,16,18H,3,8-11H2,1-2H3/b7-6+. The maximum Gasteiger partial charge on any atom is 0.200 e. The largest absolute Gasteiger partial charge is 0.491 e. The fraction of sp³-hybridized carbons (Fsp3) is 0.391. The number of aryl methyl sites for hydroxylation is 1. The third-order valence-electron chi connectivity index (χ3n) is 5.34. The van der Waals surface area contributed by atoms with E-state index < -0.39 is 11.6 Å². The average Bonchev–Trinajstić information content (AvgIpc) is 2.67. The first-order chi connectivity index (χ1) is 13.0. The highest BCUT2D eigenvalue weighted by Gasteiger charge is 2.25. The normalized spacial score (nSPS) is 20.2. The van der Waals surface area contributed by atoms with Crippen molar-refractivity contribution in [2.45, 2.75) is 45.4 Å². The van der Waals surface area contributed by atoms with Crippen LogP contribution >= 0.6 is 0 Å². The zero-order valence-corrected chi connectivity index (χ0v) is 15.8. The fourth-order valence-corrected chi connectivity index (χ4v) is 3.71. The van der Waals surface area contributed by atoms with E-state index in [0.29, 0.717) is 23.7 Å². The van der Waals surface area contributed by atoms with Gasteiger partial charge in [0.05, 0.1) is 6.61 Å². The molecule has 0 atom stereocenters. The molecule has 1 nitrogen and oxygen atoms in total. The van der Waals surface area contributed by atoms with Crippen LogP contribution in [0.15, 0.2) is 36.4 Å². The molecule has 0 radical (unpaired) electrons. The predicted molar refractivity (Wildman–Crippen MR) is 102 cm³/mol. The Morgan fingerprint density at radius 2 is 1.74 bits per heavy atom. The molecule has 0 bridgehead atoms. The molecule has 0 aliphatic heterocycles. The van der Waals surface area contributed by atoms with Crippen LogP contribution in [0.5, 0.6) is 5.75 Å². The van der Waals surface area contributed by atoms with E-state index in [-0.39, 0.29) is 17.5 Å². The van der Waals surface area contributed by atoms with Crippen LogP contribution in [0, 0.1) is 30.3 Å². The second-order valence-corrected chi connectivity index (χ2v) is 7.19. The van der Waals surface area contributed by atoms with E-state index in [2.05, 4.69) is 6.08 Å². The first-order valence-corrected chi connectivity index (χ1v) is 9.54. The number of rotatable bonds is 5. The van der Waals surface area contributed by atoms with Crippen LogP contribution < -0.4 is 4.74 Å². The van der Waals surface area contributed by atoms with Gasteiger partial charge in [-0.15, -0.1) is 0 Å². The van der Waals surface area contributed by atoms with Gasteiger partial charge < -0.3 is 4.74 Å². The lowest BCUT2D eigenvalue weighted by Crippen LogP contribution is -2.14. The van der Waals surface area contributed by atoms with E-state index in [1.54, 1.807) is 26.0 Å². The summed E-state index contributed by atoms with van der Waals surface area (Å²) < 4.78 is 47.2. The second kappa shape index (κ2) is 8.64. The van der Waals surface area contributed by atoms with Crippen LogP contribution in [0.2, 0.25) is 0 Å². The Morgan fingerprint density at radius 3 is 2.41 bits per heavy atom. The fourth-order valence-electron chi connectivity index (χ4n) is 3.71. The van der Waals surface area contributed by atoms with E-state index in [1.165, 1.54) is 12.1 Å². The summed E-state index contributed by atoms with van der Waals surface area (Å²) in [6.07, 6.45) is 7.48. The molecule has 4 heteroatoms. The van der Waals surface area contributed by atoms with Gasteiger partial charge in [-0.3, -0.25) is 0 Å². The number of hydrogen-bond donors (Lipinski definition) is 0. The number of allylic oxidation sites excluding steroid dienone is 1. The summed E-state index contributed by atoms with van der Waals surface area (Å²) >= 11 is 0. The Bertz CT molecular complexity index is 821. The number of ether oxygens (including phenoxy) is 1. The van der Waals surface area contributed by atoms with Crippen LogP contribution in [-0.2, 0) is 0 Å². The van der Waals surface area contributed by atoms with Gasteiger partial charge in [0.1, 0.15) is 5.82 Å². The molecule has 1 aliphatic rings. The first-order valence-electron chi connectivity index (χ1n) is 9.54. The maximum atomic E-state index is 14.4. The van der Waals surface area contributed by atoms with Crippen molar-refractivity contribution in [3.05, 3.63) is 70.5 Å². The summed E-state index contributed by atoms with van der Waals surface area (Å²) in [5, 5.41) is 0. The molecule has 0 unspecified atom stereocenters. The predicted octanol–water partition coefficient (Wildman–Crippen LogP) is 6.80. The van der Waals surface area contributed by atoms with Gasteiger partial charge in [0.15, 0.2) is 11.6 Å². The highest BCUT2D eigenvalue weighted by atomic mass is 19.2. The van der Waals surface area contributed by atoms with E-state index in [4.69, 9.17) is 4.74 Å². The lowest BCUT2D eigenvalue weighted by Gasteiger charge is -2.27. The van der Waals surface area contributed by atoms with Crippen molar-refractivity contribution in [3.8, 4) is 5.75 Å². The minimum Gasteiger partial charge on any atom is -0.491 e. The van der Waals surface area contributed by atoms with Gasteiger partial charge >= 0.3 is 0 Å². The van der Waals surface area contributed by atoms with Crippen LogP contribution in [-0.4, -0.2) is 6.61 Å². The molecular weight excluding hydrogens is 349 g/mol. The van der Waals surface area contributed by atoms with Gasteiger partial charge in [-0.25, -0.2) is 8.78 Å². The number of halogens is 3. The van der Waals surface area contributed by atoms with Crippen molar-refractivity contribution >= 4 is 6.08 Å². The van der Waals surface area contributed by atoms with Crippen molar-refractivity contribution in [1.82, 2.24) is 0 Å². The van der Waals surface area contributed by atoms with Gasteiger partial charge in [0.25, 0.3) is 0 Å². The SMILES string of the molecule is CCOc1ccc(C2CCC(/C=C/c3ccc(C)c(F)c3)CC2)c(F)c1F. The molecule has 0 saturated heterocycles. The summed E-state index contributed by atoms with van der Waals surface area (Å²) in [5.41, 5.74) is 1.93. The molecular formula is C23H25F3O. The van der Waals surface area contributed by atoms with Crippen molar-refractivity contribution in [1.29, 1.82) is 0 Å². The Hall–Kier alpha value is -2.23. The summed E-state index contributed by atoms with van der Waals surface area (Å²) in [6, 6.07) is 8.39. The monoisotopic (exact) mass is 374 g/mol. The van der Waals surface area contributed by atoms with Crippen LogP contribution in [0.1, 0.15) is 55.2 Å². The minimum atomic E-state index is -0.891. The summed E-state index contributed by atoms with van der Waals surface area (Å²) in [6.45, 7) is 3.79. The van der Waals surface area contributed by atoms with Crippen LogP contribution in [0.3, 0.4) is 0 Å². The van der Waals surface area contributed by atoms with Gasteiger partial charge in [0, 0.05) is 0 Å². The summed E-state index contributed by atoms with van der Waals surface area (Å²) in [4.78, 5) is 0. The minimum absolute atomic E-state index is 0.0247. The smallest absolute Gasteiger partial charge is 0.200 e.